The van der Waals surface area contributed by atoms with Gasteiger partial charge in [-0.3, -0.25) is 9.59 Å². The summed E-state index contributed by atoms with van der Waals surface area (Å²) in [6, 6.07) is -0.417. The molecule has 1 aliphatic carbocycles. The van der Waals surface area contributed by atoms with Crippen LogP contribution in [0.2, 0.25) is 0 Å². The Bertz CT molecular complexity index is 329. The highest BCUT2D eigenvalue weighted by Crippen LogP contribution is 2.29. The van der Waals surface area contributed by atoms with Crippen molar-refractivity contribution in [2.24, 2.45) is 5.92 Å². The Hall–Kier alpha value is -1.06. The Labute approximate surface area is 103 Å². The van der Waals surface area contributed by atoms with Crippen molar-refractivity contribution < 1.29 is 9.59 Å². The quantitative estimate of drug-likeness (QED) is 0.748. The third-order valence-corrected chi connectivity index (χ3v) is 4.08. The molecule has 1 saturated heterocycles. The lowest BCUT2D eigenvalue weighted by molar-refractivity contribution is -0.151. The van der Waals surface area contributed by atoms with Crippen molar-refractivity contribution >= 4 is 11.8 Å². The van der Waals surface area contributed by atoms with Crippen molar-refractivity contribution in [3.8, 4) is 0 Å². The molecule has 0 spiro atoms. The summed E-state index contributed by atoms with van der Waals surface area (Å²) >= 11 is 0. The lowest BCUT2D eigenvalue weighted by Gasteiger charge is -2.43. The van der Waals surface area contributed by atoms with Crippen LogP contribution in [0.3, 0.4) is 0 Å². The highest BCUT2D eigenvalue weighted by atomic mass is 16.2. The molecule has 0 radical (unpaired) electrons. The van der Waals surface area contributed by atoms with Gasteiger partial charge in [-0.25, -0.2) is 0 Å². The van der Waals surface area contributed by atoms with Gasteiger partial charge in [0, 0.05) is 6.04 Å². The third kappa shape index (κ3) is 2.31. The Morgan fingerprint density at radius 3 is 2.53 bits per heavy atom. The smallest absolute Gasteiger partial charge is 0.245 e. The molecule has 1 saturated carbocycles. The molecule has 2 aliphatic rings. The molecule has 4 unspecified atom stereocenters. The van der Waals surface area contributed by atoms with E-state index in [4.69, 9.17) is 0 Å². The van der Waals surface area contributed by atoms with E-state index in [1.54, 1.807) is 6.92 Å². The van der Waals surface area contributed by atoms with Crippen LogP contribution >= 0.6 is 0 Å². The SMILES string of the molecule is CC1CCCC(N2C(=O)C(C)NC(=O)C2C)C1. The summed E-state index contributed by atoms with van der Waals surface area (Å²) in [5, 5.41) is 2.73. The van der Waals surface area contributed by atoms with E-state index in [0.717, 1.165) is 12.8 Å². The minimum absolute atomic E-state index is 0.0182. The molecule has 2 fully saturated rings. The molecule has 1 aliphatic heterocycles. The average Bonchev–Trinajstić information content (AvgIpc) is 2.27. The number of carbonyl (C=O) groups excluding carboxylic acids is 2. The Morgan fingerprint density at radius 1 is 1.18 bits per heavy atom. The maximum absolute atomic E-state index is 12.2. The molecule has 4 atom stereocenters. The van der Waals surface area contributed by atoms with E-state index in [0.29, 0.717) is 5.92 Å². The summed E-state index contributed by atoms with van der Waals surface area (Å²) in [5.41, 5.74) is 0. The second kappa shape index (κ2) is 4.67. The second-order valence-electron chi connectivity index (χ2n) is 5.58. The van der Waals surface area contributed by atoms with E-state index < -0.39 is 0 Å². The summed E-state index contributed by atoms with van der Waals surface area (Å²) in [6.45, 7) is 5.83. The molecule has 17 heavy (non-hydrogen) atoms. The van der Waals surface area contributed by atoms with Gasteiger partial charge in [-0.05, 0) is 32.6 Å². The molecule has 2 amide bonds. The highest BCUT2D eigenvalue weighted by Gasteiger charge is 2.40. The fourth-order valence-corrected chi connectivity index (χ4v) is 3.09. The highest BCUT2D eigenvalue weighted by molar-refractivity contribution is 5.96. The van der Waals surface area contributed by atoms with Gasteiger partial charge in [0.05, 0.1) is 0 Å². The molecule has 2 rings (SSSR count). The predicted octanol–water partition coefficient (Wildman–Crippen LogP) is 1.30. The minimum Gasteiger partial charge on any atom is -0.343 e. The van der Waals surface area contributed by atoms with Crippen LogP contribution in [0.15, 0.2) is 0 Å². The molecule has 0 bridgehead atoms. The van der Waals surface area contributed by atoms with E-state index in [1.165, 1.54) is 12.8 Å². The number of carbonyl (C=O) groups is 2. The van der Waals surface area contributed by atoms with Gasteiger partial charge in [-0.2, -0.15) is 0 Å². The van der Waals surface area contributed by atoms with Gasteiger partial charge < -0.3 is 10.2 Å². The van der Waals surface area contributed by atoms with Crippen molar-refractivity contribution in [3.63, 3.8) is 0 Å². The number of nitrogens with one attached hydrogen (secondary N) is 1. The molecule has 4 nitrogen and oxygen atoms in total. The van der Waals surface area contributed by atoms with Gasteiger partial charge in [0.25, 0.3) is 0 Å². The second-order valence-corrected chi connectivity index (χ2v) is 5.58. The van der Waals surface area contributed by atoms with Crippen LogP contribution in [0.5, 0.6) is 0 Å². The van der Waals surface area contributed by atoms with E-state index in [-0.39, 0.29) is 29.9 Å². The van der Waals surface area contributed by atoms with E-state index in [2.05, 4.69) is 12.2 Å². The Kier molecular flexibility index (Phi) is 3.40. The zero-order chi connectivity index (χ0) is 12.6. The molecule has 0 aromatic heterocycles. The van der Waals surface area contributed by atoms with Crippen LogP contribution in [0.4, 0.5) is 0 Å². The van der Waals surface area contributed by atoms with Crippen LogP contribution in [0.25, 0.3) is 0 Å². The molecule has 96 valence electrons. The number of amides is 2. The predicted molar refractivity (Wildman–Crippen MR) is 65.3 cm³/mol. The fourth-order valence-electron chi connectivity index (χ4n) is 3.09. The van der Waals surface area contributed by atoms with Crippen molar-refractivity contribution in [1.29, 1.82) is 0 Å². The molecule has 1 N–H and O–H groups in total. The fraction of sp³-hybridized carbons (Fsp3) is 0.846. The number of rotatable bonds is 1. The van der Waals surface area contributed by atoms with Gasteiger partial charge >= 0.3 is 0 Å². The number of nitrogens with zero attached hydrogens (tertiary/aromatic N) is 1. The van der Waals surface area contributed by atoms with Gasteiger partial charge in [0.1, 0.15) is 12.1 Å². The van der Waals surface area contributed by atoms with Crippen molar-refractivity contribution in [1.82, 2.24) is 10.2 Å². The maximum Gasteiger partial charge on any atom is 0.245 e. The first-order valence-electron chi connectivity index (χ1n) is 6.63. The number of hydrogen-bond donors (Lipinski definition) is 1. The molecular weight excluding hydrogens is 216 g/mol. The Morgan fingerprint density at radius 2 is 1.88 bits per heavy atom. The van der Waals surface area contributed by atoms with Gasteiger partial charge in [-0.1, -0.05) is 19.8 Å². The maximum atomic E-state index is 12.2. The summed E-state index contributed by atoms with van der Waals surface area (Å²) in [4.78, 5) is 25.8. The van der Waals surface area contributed by atoms with Gasteiger partial charge in [-0.15, -0.1) is 0 Å². The summed E-state index contributed by atoms with van der Waals surface area (Å²) in [7, 11) is 0. The molecule has 0 aromatic rings. The van der Waals surface area contributed by atoms with Gasteiger partial charge in [0.2, 0.25) is 11.8 Å². The summed E-state index contributed by atoms with van der Waals surface area (Å²) in [6.07, 6.45) is 4.49. The zero-order valence-corrected chi connectivity index (χ0v) is 10.9. The molecule has 1 heterocycles. The van der Waals surface area contributed by atoms with E-state index in [9.17, 15) is 9.59 Å². The molecule has 4 heteroatoms. The summed E-state index contributed by atoms with van der Waals surface area (Å²) in [5.74, 6) is 0.723. The first-order chi connectivity index (χ1) is 8.00. The van der Waals surface area contributed by atoms with E-state index in [1.807, 2.05) is 11.8 Å². The lowest BCUT2D eigenvalue weighted by Crippen LogP contribution is -2.64. The van der Waals surface area contributed by atoms with Crippen LogP contribution < -0.4 is 5.32 Å². The first-order valence-corrected chi connectivity index (χ1v) is 6.63. The lowest BCUT2D eigenvalue weighted by atomic mass is 9.85. The number of piperazine rings is 1. The monoisotopic (exact) mass is 238 g/mol. The Balaban J connectivity index is 2.15. The van der Waals surface area contributed by atoms with Crippen molar-refractivity contribution in [2.75, 3.05) is 0 Å². The van der Waals surface area contributed by atoms with Crippen LogP contribution in [0.1, 0.15) is 46.5 Å². The van der Waals surface area contributed by atoms with Crippen molar-refractivity contribution in [3.05, 3.63) is 0 Å². The van der Waals surface area contributed by atoms with Crippen molar-refractivity contribution in [2.45, 2.75) is 64.6 Å². The normalized spacial score (nSPS) is 39.1. The summed E-state index contributed by atoms with van der Waals surface area (Å²) < 4.78 is 0. The minimum atomic E-state index is -0.365. The van der Waals surface area contributed by atoms with Crippen LogP contribution in [0, 0.1) is 5.92 Å². The third-order valence-electron chi connectivity index (χ3n) is 4.08. The standard InChI is InChI=1S/C13H22N2O2/c1-8-5-4-6-11(7-8)15-10(3)12(16)14-9(2)13(15)17/h8-11H,4-7H2,1-3H3,(H,14,16). The average molecular weight is 238 g/mol. The number of hydrogen-bond acceptors (Lipinski definition) is 2. The largest absolute Gasteiger partial charge is 0.343 e. The molecule has 0 aromatic carbocycles. The van der Waals surface area contributed by atoms with E-state index >= 15 is 0 Å². The zero-order valence-electron chi connectivity index (χ0n) is 10.9. The van der Waals surface area contributed by atoms with Crippen LogP contribution in [-0.4, -0.2) is 34.8 Å². The van der Waals surface area contributed by atoms with Gasteiger partial charge in [0.15, 0.2) is 0 Å². The molecular formula is C13H22N2O2. The van der Waals surface area contributed by atoms with Crippen LogP contribution in [-0.2, 0) is 9.59 Å². The topological polar surface area (TPSA) is 49.4 Å². The first kappa shape index (κ1) is 12.4.